The van der Waals surface area contributed by atoms with E-state index in [0.29, 0.717) is 10.8 Å². The second-order valence-electron chi connectivity index (χ2n) is 2.78. The molecule has 0 N–H and O–H groups in total. The van der Waals surface area contributed by atoms with Crippen LogP contribution in [0, 0.1) is 0 Å². The first-order chi connectivity index (χ1) is 6.24. The fraction of sp³-hybridized carbons (Fsp3) is 0.222. The summed E-state index contributed by atoms with van der Waals surface area (Å²) < 4.78 is 6.97. The van der Waals surface area contributed by atoms with Gasteiger partial charge in [0.25, 0.3) is 0 Å². The van der Waals surface area contributed by atoms with Crippen LogP contribution in [0.3, 0.4) is 0 Å². The molecule has 1 aromatic carbocycles. The lowest BCUT2D eigenvalue weighted by atomic mass is 10.2. The van der Waals surface area contributed by atoms with Crippen LogP contribution in [0.25, 0.3) is 10.9 Å². The Morgan fingerprint density at radius 3 is 2.92 bits per heavy atom. The number of benzene rings is 1. The summed E-state index contributed by atoms with van der Waals surface area (Å²) in [5.74, 6) is 0.687. The highest BCUT2D eigenvalue weighted by Gasteiger charge is 2.08. The molecular formula is C9H9ClN2O. The number of fused-ring (bicyclic) bond motifs is 1. The highest BCUT2D eigenvalue weighted by Crippen LogP contribution is 2.32. The highest BCUT2D eigenvalue weighted by atomic mass is 35.5. The summed E-state index contributed by atoms with van der Waals surface area (Å²) in [4.78, 5) is 0. The molecule has 0 atom stereocenters. The number of methoxy groups -OCH3 is 1. The van der Waals surface area contributed by atoms with E-state index in [9.17, 15) is 0 Å². The molecule has 0 spiro atoms. The molecular weight excluding hydrogens is 188 g/mol. The topological polar surface area (TPSA) is 27.1 Å². The molecule has 1 aromatic heterocycles. The van der Waals surface area contributed by atoms with Crippen molar-refractivity contribution in [2.75, 3.05) is 7.11 Å². The summed E-state index contributed by atoms with van der Waals surface area (Å²) in [6, 6.07) is 3.73. The zero-order valence-corrected chi connectivity index (χ0v) is 8.17. The van der Waals surface area contributed by atoms with Crippen LogP contribution in [0.4, 0.5) is 0 Å². The normalized spacial score (nSPS) is 10.7. The molecule has 0 bridgehead atoms. The molecule has 4 heteroatoms. The first-order valence-corrected chi connectivity index (χ1v) is 4.26. The Morgan fingerprint density at radius 2 is 2.23 bits per heavy atom. The largest absolute Gasteiger partial charge is 0.494 e. The van der Waals surface area contributed by atoms with E-state index in [2.05, 4.69) is 5.10 Å². The summed E-state index contributed by atoms with van der Waals surface area (Å²) in [6.07, 6.45) is 1.75. The Bertz CT molecular complexity index is 450. The molecule has 0 aliphatic heterocycles. The molecule has 0 aliphatic rings. The van der Waals surface area contributed by atoms with Crippen LogP contribution < -0.4 is 4.74 Å². The van der Waals surface area contributed by atoms with Crippen molar-refractivity contribution in [1.29, 1.82) is 0 Å². The Kier molecular flexibility index (Phi) is 1.88. The number of ether oxygens (including phenoxy) is 1. The van der Waals surface area contributed by atoms with Gasteiger partial charge in [0, 0.05) is 7.05 Å². The predicted molar refractivity (Wildman–Crippen MR) is 52.3 cm³/mol. The molecule has 0 amide bonds. The van der Waals surface area contributed by atoms with Crippen molar-refractivity contribution >= 4 is 22.5 Å². The summed E-state index contributed by atoms with van der Waals surface area (Å²) >= 11 is 5.95. The standard InChI is InChI=1S/C9H9ClN2O/c1-12-8-4-3-7(10)9(13-2)6(8)5-11-12/h3-5H,1-2H3. The van der Waals surface area contributed by atoms with Gasteiger partial charge in [-0.25, -0.2) is 0 Å². The van der Waals surface area contributed by atoms with Gasteiger partial charge in [-0.2, -0.15) is 5.10 Å². The average molecular weight is 197 g/mol. The Morgan fingerprint density at radius 1 is 1.46 bits per heavy atom. The average Bonchev–Trinajstić information content (AvgIpc) is 2.48. The predicted octanol–water partition coefficient (Wildman–Crippen LogP) is 2.24. The number of aryl methyl sites for hydroxylation is 1. The number of halogens is 1. The van der Waals surface area contributed by atoms with Gasteiger partial charge in [0.2, 0.25) is 0 Å². The van der Waals surface area contributed by atoms with Crippen molar-refractivity contribution in [3.05, 3.63) is 23.4 Å². The Hall–Kier alpha value is -1.22. The molecule has 0 radical (unpaired) electrons. The molecule has 13 heavy (non-hydrogen) atoms. The van der Waals surface area contributed by atoms with Gasteiger partial charge in [0.05, 0.1) is 29.2 Å². The highest BCUT2D eigenvalue weighted by molar-refractivity contribution is 6.33. The van der Waals surface area contributed by atoms with Crippen LogP contribution in [0.1, 0.15) is 0 Å². The molecule has 68 valence electrons. The van der Waals surface area contributed by atoms with E-state index in [4.69, 9.17) is 16.3 Å². The van der Waals surface area contributed by atoms with Crippen molar-refractivity contribution < 1.29 is 4.74 Å². The van der Waals surface area contributed by atoms with Crippen molar-refractivity contribution in [3.63, 3.8) is 0 Å². The van der Waals surface area contributed by atoms with Crippen molar-refractivity contribution in [3.8, 4) is 5.75 Å². The lowest BCUT2D eigenvalue weighted by Gasteiger charge is -2.03. The van der Waals surface area contributed by atoms with E-state index in [0.717, 1.165) is 10.9 Å². The monoisotopic (exact) mass is 196 g/mol. The molecule has 0 saturated heterocycles. The molecule has 2 rings (SSSR count). The second kappa shape index (κ2) is 2.92. The molecule has 0 saturated carbocycles. The van der Waals surface area contributed by atoms with E-state index in [-0.39, 0.29) is 0 Å². The van der Waals surface area contributed by atoms with E-state index < -0.39 is 0 Å². The number of hydrogen-bond donors (Lipinski definition) is 0. The van der Waals surface area contributed by atoms with Crippen LogP contribution in [0.5, 0.6) is 5.75 Å². The summed E-state index contributed by atoms with van der Waals surface area (Å²) in [5, 5.41) is 5.68. The van der Waals surface area contributed by atoms with Gasteiger partial charge in [-0.1, -0.05) is 11.6 Å². The minimum Gasteiger partial charge on any atom is -0.494 e. The van der Waals surface area contributed by atoms with Crippen LogP contribution in [-0.2, 0) is 7.05 Å². The smallest absolute Gasteiger partial charge is 0.148 e. The maximum Gasteiger partial charge on any atom is 0.148 e. The number of nitrogens with zero attached hydrogens (tertiary/aromatic N) is 2. The molecule has 3 nitrogen and oxygen atoms in total. The van der Waals surface area contributed by atoms with Gasteiger partial charge in [-0.15, -0.1) is 0 Å². The van der Waals surface area contributed by atoms with Crippen molar-refractivity contribution in [1.82, 2.24) is 9.78 Å². The van der Waals surface area contributed by atoms with Crippen molar-refractivity contribution in [2.45, 2.75) is 0 Å². The number of aromatic nitrogens is 2. The summed E-state index contributed by atoms with van der Waals surface area (Å²) in [7, 11) is 3.49. The third kappa shape index (κ3) is 1.16. The fourth-order valence-electron chi connectivity index (χ4n) is 1.38. The zero-order valence-electron chi connectivity index (χ0n) is 7.41. The first-order valence-electron chi connectivity index (χ1n) is 3.88. The quantitative estimate of drug-likeness (QED) is 0.700. The SMILES string of the molecule is COc1c(Cl)ccc2c1cnn2C. The molecule has 1 heterocycles. The Labute approximate surface area is 80.9 Å². The van der Waals surface area contributed by atoms with Gasteiger partial charge in [-0.05, 0) is 12.1 Å². The van der Waals surface area contributed by atoms with Gasteiger partial charge < -0.3 is 4.74 Å². The summed E-state index contributed by atoms with van der Waals surface area (Å²) in [5.41, 5.74) is 1.02. The first kappa shape index (κ1) is 8.38. The Balaban J connectivity index is 2.85. The third-order valence-corrected chi connectivity index (χ3v) is 2.34. The fourth-order valence-corrected chi connectivity index (χ4v) is 1.63. The van der Waals surface area contributed by atoms with Gasteiger partial charge >= 0.3 is 0 Å². The van der Waals surface area contributed by atoms with Gasteiger partial charge in [0.15, 0.2) is 0 Å². The van der Waals surface area contributed by atoms with Crippen molar-refractivity contribution in [2.24, 2.45) is 7.05 Å². The van der Waals surface area contributed by atoms with Crippen LogP contribution >= 0.6 is 11.6 Å². The molecule has 0 fully saturated rings. The van der Waals surface area contributed by atoms with E-state index in [1.807, 2.05) is 19.2 Å². The number of hydrogen-bond acceptors (Lipinski definition) is 2. The molecule has 0 unspecified atom stereocenters. The van der Waals surface area contributed by atoms with Crippen LogP contribution in [0.15, 0.2) is 18.3 Å². The van der Waals surface area contributed by atoms with Gasteiger partial charge in [-0.3, -0.25) is 4.68 Å². The minimum atomic E-state index is 0.614. The maximum absolute atomic E-state index is 5.95. The minimum absolute atomic E-state index is 0.614. The maximum atomic E-state index is 5.95. The molecule has 0 aliphatic carbocycles. The zero-order chi connectivity index (χ0) is 9.42. The van der Waals surface area contributed by atoms with E-state index >= 15 is 0 Å². The van der Waals surface area contributed by atoms with E-state index in [1.165, 1.54) is 0 Å². The van der Waals surface area contributed by atoms with Crippen LogP contribution in [0.2, 0.25) is 5.02 Å². The molecule has 2 aromatic rings. The number of rotatable bonds is 1. The lowest BCUT2D eigenvalue weighted by Crippen LogP contribution is -1.89. The van der Waals surface area contributed by atoms with Crippen LogP contribution in [-0.4, -0.2) is 16.9 Å². The third-order valence-electron chi connectivity index (χ3n) is 2.04. The second-order valence-corrected chi connectivity index (χ2v) is 3.19. The lowest BCUT2D eigenvalue weighted by molar-refractivity contribution is 0.420. The summed E-state index contributed by atoms with van der Waals surface area (Å²) in [6.45, 7) is 0. The van der Waals surface area contributed by atoms with E-state index in [1.54, 1.807) is 18.0 Å². The van der Waals surface area contributed by atoms with Gasteiger partial charge in [0.1, 0.15) is 5.75 Å².